The first kappa shape index (κ1) is 33.1. The number of hydrogen-bond donors (Lipinski definition) is 1. The first-order valence-corrected chi connectivity index (χ1v) is 15.7. The Labute approximate surface area is 273 Å². The predicted molar refractivity (Wildman–Crippen MR) is 176 cm³/mol. The maximum atomic E-state index is 12.7. The molecule has 0 amide bonds. The number of aromatic nitrogens is 1. The van der Waals surface area contributed by atoms with E-state index in [1.807, 2.05) is 31.2 Å². The highest BCUT2D eigenvalue weighted by Crippen LogP contribution is 2.29. The molecule has 13 heteroatoms. The highest BCUT2D eigenvalue weighted by atomic mass is 32.2. The average Bonchev–Trinajstić information content (AvgIpc) is 3.64. The molecule has 0 radical (unpaired) electrons. The number of anilines is 1. The van der Waals surface area contributed by atoms with E-state index in [0.29, 0.717) is 28.9 Å². The minimum Gasteiger partial charge on any atom is -0.467 e. The number of para-hydroxylation sites is 1. The fraction of sp³-hybridized carbons (Fsp3) is 0.235. The molecule has 0 saturated carbocycles. The Kier molecular flexibility index (Phi) is 10.5. The van der Waals surface area contributed by atoms with Crippen molar-refractivity contribution in [2.24, 2.45) is 5.16 Å². The molecule has 3 atom stereocenters. The monoisotopic (exact) mass is 659 g/mol. The van der Waals surface area contributed by atoms with E-state index in [1.165, 1.54) is 13.2 Å². The quantitative estimate of drug-likeness (QED) is 0.114. The lowest BCUT2D eigenvalue weighted by atomic mass is 10.0. The van der Waals surface area contributed by atoms with E-state index < -0.39 is 35.2 Å². The van der Waals surface area contributed by atoms with Crippen molar-refractivity contribution in [1.29, 1.82) is 0 Å². The summed E-state index contributed by atoms with van der Waals surface area (Å²) < 4.78 is 38.1. The molecule has 0 spiro atoms. The van der Waals surface area contributed by atoms with Gasteiger partial charge < -0.3 is 27.8 Å². The number of carbonyl (C=O) groups excluding carboxylic acids is 3. The summed E-state index contributed by atoms with van der Waals surface area (Å²) in [5, 5.41) is 4.83. The van der Waals surface area contributed by atoms with Crippen molar-refractivity contribution in [3.8, 4) is 5.75 Å². The number of nitrogens with zero attached hydrogens (tertiary/aromatic N) is 2. The van der Waals surface area contributed by atoms with Gasteiger partial charge in [0.2, 0.25) is 0 Å². The molecule has 1 aliphatic rings. The molecule has 0 saturated heterocycles. The van der Waals surface area contributed by atoms with Gasteiger partial charge >= 0.3 is 29.2 Å². The van der Waals surface area contributed by atoms with E-state index >= 15 is 0 Å². The average molecular weight is 660 g/mol. The lowest BCUT2D eigenvalue weighted by Crippen LogP contribution is -2.16. The Morgan fingerprint density at radius 1 is 1.04 bits per heavy atom. The van der Waals surface area contributed by atoms with Gasteiger partial charge in [-0.3, -0.25) is 4.72 Å². The molecule has 0 aliphatic carbocycles. The number of methoxy groups -OCH3 is 2. The van der Waals surface area contributed by atoms with Gasteiger partial charge in [-0.1, -0.05) is 41.6 Å². The first-order chi connectivity index (χ1) is 22.7. The number of benzene rings is 3. The molecule has 5 rings (SSSR count). The summed E-state index contributed by atoms with van der Waals surface area (Å²) in [7, 11) is 2.92. The zero-order valence-corrected chi connectivity index (χ0v) is 26.9. The standard InChI is InChI=1S/C34H33N3O9S/c1-21(42-3)16-17-44-33(39)24-8-7-9-27(18-24)46-47(41)36-26-14-12-23(13-15-26)31-29(34(40)45-35-31)19-25-20-37(22(2)32(38)43-4)30-11-6-5-10-28(25)30/h5-15,18-22,36H,16-17H2,1-4H3/b29-19-. The van der Waals surface area contributed by atoms with E-state index in [4.69, 9.17) is 23.2 Å². The van der Waals surface area contributed by atoms with Crippen molar-refractivity contribution in [1.82, 2.24) is 4.57 Å². The topological polar surface area (TPSA) is 144 Å². The molecule has 12 nitrogen and oxygen atoms in total. The van der Waals surface area contributed by atoms with Crippen LogP contribution in [0.25, 0.3) is 17.0 Å². The van der Waals surface area contributed by atoms with Crippen molar-refractivity contribution < 1.29 is 41.8 Å². The van der Waals surface area contributed by atoms with Crippen LogP contribution in [0.1, 0.15) is 47.8 Å². The lowest BCUT2D eigenvalue weighted by molar-refractivity contribution is -0.144. The summed E-state index contributed by atoms with van der Waals surface area (Å²) in [6.07, 6.45) is 3.98. The maximum absolute atomic E-state index is 12.7. The fourth-order valence-electron chi connectivity index (χ4n) is 4.82. The number of hydrogen-bond acceptors (Lipinski definition) is 10. The molecule has 3 unspecified atom stereocenters. The summed E-state index contributed by atoms with van der Waals surface area (Å²) in [5.41, 5.74) is 3.35. The largest absolute Gasteiger partial charge is 0.467 e. The minimum absolute atomic E-state index is 0.0378. The van der Waals surface area contributed by atoms with E-state index in [1.54, 1.807) is 73.3 Å². The van der Waals surface area contributed by atoms with E-state index in [9.17, 15) is 18.6 Å². The zero-order chi connectivity index (χ0) is 33.5. The Hall–Kier alpha value is -5.27. The molecule has 1 aromatic heterocycles. The second-order valence-corrected chi connectivity index (χ2v) is 11.4. The van der Waals surface area contributed by atoms with Crippen LogP contribution < -0.4 is 8.91 Å². The number of ether oxygens (including phenoxy) is 3. The molecule has 47 heavy (non-hydrogen) atoms. The smallest absolute Gasteiger partial charge is 0.368 e. The van der Waals surface area contributed by atoms with E-state index in [-0.39, 0.29) is 29.6 Å². The Bertz CT molecular complexity index is 1880. The summed E-state index contributed by atoms with van der Waals surface area (Å²) in [6.45, 7) is 3.82. The van der Waals surface area contributed by atoms with Crippen LogP contribution in [0, 0.1) is 0 Å². The number of rotatable bonds is 13. The van der Waals surface area contributed by atoms with Gasteiger partial charge in [-0.15, -0.1) is 0 Å². The van der Waals surface area contributed by atoms with Crippen molar-refractivity contribution in [3.63, 3.8) is 0 Å². The molecule has 1 N–H and O–H groups in total. The van der Waals surface area contributed by atoms with Gasteiger partial charge in [-0.25, -0.2) is 14.4 Å². The molecular weight excluding hydrogens is 626 g/mol. The van der Waals surface area contributed by atoms with Crippen LogP contribution in [0.5, 0.6) is 5.75 Å². The molecule has 2 heterocycles. The number of fused-ring (bicyclic) bond motifs is 1. The van der Waals surface area contributed by atoms with Crippen molar-refractivity contribution in [2.75, 3.05) is 25.5 Å². The van der Waals surface area contributed by atoms with Crippen LogP contribution in [-0.2, 0) is 39.9 Å². The molecule has 0 bridgehead atoms. The lowest BCUT2D eigenvalue weighted by Gasteiger charge is -2.12. The normalized spacial score (nSPS) is 15.4. The summed E-state index contributed by atoms with van der Waals surface area (Å²) in [5.74, 6) is -1.34. The molecule has 244 valence electrons. The minimum atomic E-state index is -2.00. The third-order valence-corrected chi connectivity index (χ3v) is 8.23. The van der Waals surface area contributed by atoms with Gasteiger partial charge in [0, 0.05) is 47.4 Å². The molecular formula is C34H33N3O9S. The second-order valence-electron chi connectivity index (χ2n) is 10.6. The van der Waals surface area contributed by atoms with Crippen molar-refractivity contribution in [2.45, 2.75) is 32.4 Å². The van der Waals surface area contributed by atoms with E-state index in [0.717, 1.165) is 10.9 Å². The Morgan fingerprint density at radius 2 is 1.81 bits per heavy atom. The third-order valence-electron chi connectivity index (χ3n) is 7.49. The fourth-order valence-corrected chi connectivity index (χ4v) is 5.47. The highest BCUT2D eigenvalue weighted by molar-refractivity contribution is 7.81. The van der Waals surface area contributed by atoms with Crippen LogP contribution in [0.2, 0.25) is 0 Å². The maximum Gasteiger partial charge on any atom is 0.368 e. The van der Waals surface area contributed by atoms with Crippen LogP contribution in [0.4, 0.5) is 5.69 Å². The summed E-state index contributed by atoms with van der Waals surface area (Å²) in [4.78, 5) is 42.4. The predicted octanol–water partition coefficient (Wildman–Crippen LogP) is 5.37. The number of oxime groups is 1. The number of esters is 2. The van der Waals surface area contributed by atoms with Gasteiger partial charge in [0.25, 0.3) is 0 Å². The van der Waals surface area contributed by atoms with E-state index in [2.05, 4.69) is 9.88 Å². The number of carbonyl (C=O) groups is 3. The van der Waals surface area contributed by atoms with Crippen molar-refractivity contribution >= 4 is 57.6 Å². The van der Waals surface area contributed by atoms with Gasteiger partial charge in [-0.05, 0) is 56.3 Å². The zero-order valence-electron chi connectivity index (χ0n) is 26.1. The molecule has 1 aliphatic heterocycles. The molecule has 0 fully saturated rings. The Morgan fingerprint density at radius 3 is 2.55 bits per heavy atom. The molecule has 3 aromatic carbocycles. The highest BCUT2D eigenvalue weighted by Gasteiger charge is 2.28. The third kappa shape index (κ3) is 7.76. The van der Waals surface area contributed by atoms with Crippen molar-refractivity contribution in [3.05, 3.63) is 101 Å². The van der Waals surface area contributed by atoms with Crippen LogP contribution in [0.15, 0.2) is 89.7 Å². The van der Waals surface area contributed by atoms with Crippen LogP contribution in [-0.4, -0.2) is 59.3 Å². The second kappa shape index (κ2) is 14.9. The Balaban J connectivity index is 1.27. The number of nitrogens with one attached hydrogen (secondary N) is 1. The summed E-state index contributed by atoms with van der Waals surface area (Å²) >= 11 is -2.00. The van der Waals surface area contributed by atoms with Crippen LogP contribution >= 0.6 is 0 Å². The SMILES string of the molecule is COC(=O)C(C)n1cc(/C=C2\C(=O)ON=C2c2ccc(NS(=O)Oc3cccc(C(=O)OCCC(C)OC)c3)cc2)c2ccccc21. The van der Waals surface area contributed by atoms with Gasteiger partial charge in [-0.2, -0.15) is 4.21 Å². The molecule has 4 aromatic rings. The van der Waals surface area contributed by atoms with Gasteiger partial charge in [0.1, 0.15) is 17.5 Å². The summed E-state index contributed by atoms with van der Waals surface area (Å²) in [6, 6.07) is 19.8. The first-order valence-electron chi connectivity index (χ1n) is 14.6. The van der Waals surface area contributed by atoms with Crippen LogP contribution in [0.3, 0.4) is 0 Å². The van der Waals surface area contributed by atoms with Gasteiger partial charge in [0.05, 0.1) is 31.0 Å². The van der Waals surface area contributed by atoms with Gasteiger partial charge in [0.15, 0.2) is 0 Å².